The minimum Gasteiger partial charge on any atom is -0.309 e. The van der Waals surface area contributed by atoms with Gasteiger partial charge < -0.3 is 5.32 Å². The van der Waals surface area contributed by atoms with Crippen LogP contribution < -0.4 is 5.32 Å². The molecule has 0 spiro atoms. The molecule has 0 saturated heterocycles. The van der Waals surface area contributed by atoms with Crippen molar-refractivity contribution in [2.24, 2.45) is 0 Å². The molecule has 2 unspecified atom stereocenters. The quantitative estimate of drug-likeness (QED) is 0.860. The summed E-state index contributed by atoms with van der Waals surface area (Å²) in [4.78, 5) is 0. The van der Waals surface area contributed by atoms with E-state index >= 15 is 0 Å². The van der Waals surface area contributed by atoms with E-state index in [9.17, 15) is 0 Å². The lowest BCUT2D eigenvalue weighted by atomic mass is 9.87. The predicted octanol–water partition coefficient (Wildman–Crippen LogP) is 4.63. The standard InChI is InChI=1S/C20H25N/c1-20(2,3)17-11-9-15(10-12-17)14-21-19-13-18(19)16-7-5-4-6-8-16/h4-12,18-19,21H,13-14H2,1-3H3. The van der Waals surface area contributed by atoms with Crippen molar-refractivity contribution < 1.29 is 0 Å². The number of hydrogen-bond donors (Lipinski definition) is 1. The second-order valence-corrected chi connectivity index (χ2v) is 7.19. The van der Waals surface area contributed by atoms with Crippen LogP contribution in [0.25, 0.3) is 0 Å². The van der Waals surface area contributed by atoms with Crippen molar-refractivity contribution in [3.63, 3.8) is 0 Å². The highest BCUT2D eigenvalue weighted by molar-refractivity contribution is 5.29. The third-order valence-corrected chi connectivity index (χ3v) is 4.41. The summed E-state index contributed by atoms with van der Waals surface area (Å²) in [6.07, 6.45) is 1.27. The minimum absolute atomic E-state index is 0.237. The van der Waals surface area contributed by atoms with Crippen molar-refractivity contribution in [1.82, 2.24) is 5.32 Å². The molecule has 1 nitrogen and oxygen atoms in total. The number of rotatable bonds is 4. The zero-order valence-electron chi connectivity index (χ0n) is 13.3. The molecule has 1 heteroatoms. The third-order valence-electron chi connectivity index (χ3n) is 4.41. The van der Waals surface area contributed by atoms with E-state index in [4.69, 9.17) is 0 Å². The van der Waals surface area contributed by atoms with Crippen LogP contribution in [0.5, 0.6) is 0 Å². The fourth-order valence-electron chi connectivity index (χ4n) is 2.86. The molecule has 1 N–H and O–H groups in total. The summed E-state index contributed by atoms with van der Waals surface area (Å²) in [5.41, 5.74) is 4.49. The summed E-state index contributed by atoms with van der Waals surface area (Å²) in [5, 5.41) is 3.68. The average Bonchev–Trinajstić information content (AvgIpc) is 3.25. The van der Waals surface area contributed by atoms with Crippen molar-refractivity contribution >= 4 is 0 Å². The van der Waals surface area contributed by atoms with Crippen LogP contribution in [0.3, 0.4) is 0 Å². The third kappa shape index (κ3) is 3.54. The van der Waals surface area contributed by atoms with Gasteiger partial charge in [0, 0.05) is 18.5 Å². The maximum absolute atomic E-state index is 3.68. The topological polar surface area (TPSA) is 12.0 Å². The lowest BCUT2D eigenvalue weighted by Gasteiger charge is -2.19. The second-order valence-electron chi connectivity index (χ2n) is 7.19. The normalized spacial score (nSPS) is 21.3. The van der Waals surface area contributed by atoms with Gasteiger partial charge in [0.05, 0.1) is 0 Å². The first kappa shape index (κ1) is 14.3. The summed E-state index contributed by atoms with van der Waals surface area (Å²) >= 11 is 0. The van der Waals surface area contributed by atoms with Crippen LogP contribution in [-0.2, 0) is 12.0 Å². The Morgan fingerprint density at radius 2 is 1.62 bits per heavy atom. The summed E-state index contributed by atoms with van der Waals surface area (Å²) in [6, 6.07) is 20.5. The van der Waals surface area contributed by atoms with E-state index in [0.717, 1.165) is 6.54 Å². The molecule has 3 rings (SSSR count). The summed E-state index contributed by atoms with van der Waals surface area (Å²) < 4.78 is 0. The van der Waals surface area contributed by atoms with E-state index in [0.29, 0.717) is 12.0 Å². The van der Waals surface area contributed by atoms with Crippen molar-refractivity contribution in [3.8, 4) is 0 Å². The van der Waals surface area contributed by atoms with Gasteiger partial charge in [0.25, 0.3) is 0 Å². The van der Waals surface area contributed by atoms with Gasteiger partial charge in [0.1, 0.15) is 0 Å². The van der Waals surface area contributed by atoms with E-state index in [1.165, 1.54) is 23.1 Å². The Bertz CT molecular complexity index is 577. The number of nitrogens with one attached hydrogen (secondary N) is 1. The molecule has 2 atom stereocenters. The fourth-order valence-corrected chi connectivity index (χ4v) is 2.86. The van der Waals surface area contributed by atoms with Crippen LogP contribution in [0.1, 0.15) is 49.8 Å². The van der Waals surface area contributed by atoms with Crippen LogP contribution in [0, 0.1) is 0 Å². The van der Waals surface area contributed by atoms with E-state index < -0.39 is 0 Å². The Labute approximate surface area is 128 Å². The molecule has 0 aromatic heterocycles. The van der Waals surface area contributed by atoms with Gasteiger partial charge in [-0.15, -0.1) is 0 Å². The Hall–Kier alpha value is -1.60. The van der Waals surface area contributed by atoms with Gasteiger partial charge in [-0.05, 0) is 28.5 Å². The van der Waals surface area contributed by atoms with Crippen molar-refractivity contribution in [2.75, 3.05) is 0 Å². The first-order valence-corrected chi connectivity index (χ1v) is 7.92. The molecule has 0 amide bonds. The van der Waals surface area contributed by atoms with Gasteiger partial charge in [-0.1, -0.05) is 75.4 Å². The molecule has 2 aromatic rings. The number of benzene rings is 2. The van der Waals surface area contributed by atoms with E-state index in [2.05, 4.69) is 80.7 Å². The molecule has 0 bridgehead atoms. The maximum atomic E-state index is 3.68. The Morgan fingerprint density at radius 3 is 2.24 bits per heavy atom. The lowest BCUT2D eigenvalue weighted by molar-refractivity contribution is 0.589. The van der Waals surface area contributed by atoms with Crippen LogP contribution in [0.15, 0.2) is 54.6 Å². The van der Waals surface area contributed by atoms with E-state index in [1.54, 1.807) is 0 Å². The average molecular weight is 279 g/mol. The highest BCUT2D eigenvalue weighted by atomic mass is 15.0. The van der Waals surface area contributed by atoms with Gasteiger partial charge in [0.2, 0.25) is 0 Å². The zero-order chi connectivity index (χ0) is 14.9. The minimum atomic E-state index is 0.237. The first-order valence-electron chi connectivity index (χ1n) is 7.92. The van der Waals surface area contributed by atoms with Crippen LogP contribution >= 0.6 is 0 Å². The largest absolute Gasteiger partial charge is 0.309 e. The van der Waals surface area contributed by atoms with Gasteiger partial charge in [-0.2, -0.15) is 0 Å². The summed E-state index contributed by atoms with van der Waals surface area (Å²) in [6.45, 7) is 7.75. The fraction of sp³-hybridized carbons (Fsp3) is 0.400. The monoisotopic (exact) mass is 279 g/mol. The molecule has 1 fully saturated rings. The highest BCUT2D eigenvalue weighted by Crippen LogP contribution is 2.40. The predicted molar refractivity (Wildman–Crippen MR) is 89.6 cm³/mol. The van der Waals surface area contributed by atoms with Crippen LogP contribution in [-0.4, -0.2) is 6.04 Å². The molecule has 0 radical (unpaired) electrons. The first-order chi connectivity index (χ1) is 10.0. The zero-order valence-corrected chi connectivity index (χ0v) is 13.3. The van der Waals surface area contributed by atoms with Crippen molar-refractivity contribution in [2.45, 2.75) is 51.1 Å². The molecule has 110 valence electrons. The van der Waals surface area contributed by atoms with Crippen LogP contribution in [0.4, 0.5) is 0 Å². The van der Waals surface area contributed by atoms with E-state index in [-0.39, 0.29) is 5.41 Å². The van der Waals surface area contributed by atoms with Gasteiger partial charge >= 0.3 is 0 Å². The lowest BCUT2D eigenvalue weighted by Crippen LogP contribution is -2.17. The Balaban J connectivity index is 1.53. The van der Waals surface area contributed by atoms with E-state index in [1.807, 2.05) is 0 Å². The Kier molecular flexibility index (Phi) is 3.86. The second kappa shape index (κ2) is 5.65. The van der Waals surface area contributed by atoms with Crippen molar-refractivity contribution in [1.29, 1.82) is 0 Å². The number of hydrogen-bond acceptors (Lipinski definition) is 1. The molecule has 1 aliphatic carbocycles. The molecule has 1 aliphatic rings. The molecule has 2 aromatic carbocycles. The summed E-state index contributed by atoms with van der Waals surface area (Å²) in [5.74, 6) is 0.708. The Morgan fingerprint density at radius 1 is 0.952 bits per heavy atom. The summed E-state index contributed by atoms with van der Waals surface area (Å²) in [7, 11) is 0. The van der Waals surface area contributed by atoms with Gasteiger partial charge in [0.15, 0.2) is 0 Å². The molecule has 0 heterocycles. The SMILES string of the molecule is CC(C)(C)c1ccc(CNC2CC2c2ccccc2)cc1. The van der Waals surface area contributed by atoms with Crippen molar-refractivity contribution in [3.05, 3.63) is 71.3 Å². The molecular weight excluding hydrogens is 254 g/mol. The smallest absolute Gasteiger partial charge is 0.0208 e. The molecule has 0 aliphatic heterocycles. The van der Waals surface area contributed by atoms with Gasteiger partial charge in [-0.3, -0.25) is 0 Å². The maximum Gasteiger partial charge on any atom is 0.0208 e. The highest BCUT2D eigenvalue weighted by Gasteiger charge is 2.37. The molecule has 1 saturated carbocycles. The molecule has 21 heavy (non-hydrogen) atoms. The molecular formula is C20H25N. The van der Waals surface area contributed by atoms with Gasteiger partial charge in [-0.25, -0.2) is 0 Å². The van der Waals surface area contributed by atoms with Crippen LogP contribution in [0.2, 0.25) is 0 Å².